The number of fused-ring (bicyclic) bond motifs is 1. The Morgan fingerprint density at radius 1 is 0.964 bits per heavy atom. The Kier molecular flexibility index (Phi) is 5.90. The summed E-state index contributed by atoms with van der Waals surface area (Å²) in [6.07, 6.45) is 4.03. The molecule has 4 nitrogen and oxygen atoms in total. The molecule has 1 fully saturated rings. The topological polar surface area (TPSA) is 60.8 Å². The number of aliphatic hydroxyl groups is 2. The molecule has 0 radical (unpaired) electrons. The number of carbonyl (C=O) groups is 1. The van der Waals surface area contributed by atoms with Gasteiger partial charge >= 0.3 is 0 Å². The van der Waals surface area contributed by atoms with Gasteiger partial charge in [0.05, 0.1) is 13.2 Å². The molecule has 0 bridgehead atoms. The average molecular weight is 380 g/mol. The fourth-order valence-electron chi connectivity index (χ4n) is 4.83. The lowest BCUT2D eigenvalue weighted by molar-refractivity contribution is 0.0895. The molecule has 4 rings (SSSR count). The minimum atomic E-state index is -0.138. The van der Waals surface area contributed by atoms with E-state index in [1.165, 1.54) is 5.56 Å². The third-order valence-corrected chi connectivity index (χ3v) is 6.44. The van der Waals surface area contributed by atoms with Crippen LogP contribution in [0, 0.1) is 11.8 Å². The van der Waals surface area contributed by atoms with Gasteiger partial charge in [0, 0.05) is 18.0 Å². The SMILES string of the molecule is O=C1c2cc(CO)c(CO)cc2C[C@H]1CC1CCN(Cc2ccccc2)CC1. The second-order valence-electron chi connectivity index (χ2n) is 8.30. The quantitative estimate of drug-likeness (QED) is 0.808. The van der Waals surface area contributed by atoms with Crippen molar-refractivity contribution >= 4 is 5.78 Å². The summed E-state index contributed by atoms with van der Waals surface area (Å²) < 4.78 is 0. The monoisotopic (exact) mass is 379 g/mol. The molecule has 1 saturated heterocycles. The number of nitrogens with zero attached hydrogens (tertiary/aromatic N) is 1. The number of hydrogen-bond acceptors (Lipinski definition) is 4. The van der Waals surface area contributed by atoms with Crippen LogP contribution in [0.5, 0.6) is 0 Å². The van der Waals surface area contributed by atoms with Gasteiger partial charge in [-0.2, -0.15) is 0 Å². The van der Waals surface area contributed by atoms with E-state index in [4.69, 9.17) is 0 Å². The largest absolute Gasteiger partial charge is 0.392 e. The van der Waals surface area contributed by atoms with Crippen LogP contribution >= 0.6 is 0 Å². The summed E-state index contributed by atoms with van der Waals surface area (Å²) in [7, 11) is 0. The van der Waals surface area contributed by atoms with E-state index in [2.05, 4.69) is 35.2 Å². The Morgan fingerprint density at radius 3 is 2.32 bits per heavy atom. The molecule has 1 aliphatic heterocycles. The van der Waals surface area contributed by atoms with Gasteiger partial charge in [0.2, 0.25) is 0 Å². The van der Waals surface area contributed by atoms with Crippen molar-refractivity contribution in [3.63, 3.8) is 0 Å². The average Bonchev–Trinajstić information content (AvgIpc) is 3.03. The van der Waals surface area contributed by atoms with Gasteiger partial charge in [-0.05, 0) is 73.0 Å². The molecule has 2 N–H and O–H groups in total. The first-order chi connectivity index (χ1) is 13.7. The number of Topliss-reactive ketones (excluding diaryl/α,β-unsaturated/α-hetero) is 1. The highest BCUT2D eigenvalue weighted by Gasteiger charge is 2.34. The lowest BCUT2D eigenvalue weighted by Crippen LogP contribution is -2.34. The number of ketones is 1. The van der Waals surface area contributed by atoms with Crippen LogP contribution in [0.3, 0.4) is 0 Å². The maximum Gasteiger partial charge on any atom is 0.166 e. The molecule has 1 atom stereocenters. The number of piperidine rings is 1. The lowest BCUT2D eigenvalue weighted by atomic mass is 9.85. The Bertz CT molecular complexity index is 825. The summed E-state index contributed by atoms with van der Waals surface area (Å²) in [4.78, 5) is 15.4. The van der Waals surface area contributed by atoms with Crippen molar-refractivity contribution in [1.82, 2.24) is 4.90 Å². The van der Waals surface area contributed by atoms with Crippen molar-refractivity contribution in [3.8, 4) is 0 Å². The molecule has 0 spiro atoms. The zero-order chi connectivity index (χ0) is 19.5. The van der Waals surface area contributed by atoms with Crippen molar-refractivity contribution in [2.75, 3.05) is 13.1 Å². The zero-order valence-electron chi connectivity index (χ0n) is 16.3. The molecular formula is C24H29NO3. The van der Waals surface area contributed by atoms with Gasteiger partial charge in [0.25, 0.3) is 0 Å². The van der Waals surface area contributed by atoms with E-state index in [9.17, 15) is 15.0 Å². The maximum absolute atomic E-state index is 12.9. The van der Waals surface area contributed by atoms with Crippen LogP contribution in [0.2, 0.25) is 0 Å². The lowest BCUT2D eigenvalue weighted by Gasteiger charge is -2.33. The van der Waals surface area contributed by atoms with Gasteiger partial charge < -0.3 is 10.2 Å². The minimum absolute atomic E-state index is 0.0566. The molecule has 0 amide bonds. The first-order valence-corrected chi connectivity index (χ1v) is 10.3. The predicted octanol–water partition coefficient (Wildman–Crippen LogP) is 3.33. The van der Waals surface area contributed by atoms with Crippen LogP contribution in [-0.2, 0) is 26.2 Å². The molecule has 0 saturated carbocycles. The van der Waals surface area contributed by atoms with Crippen molar-refractivity contribution in [1.29, 1.82) is 0 Å². The zero-order valence-corrected chi connectivity index (χ0v) is 16.3. The molecule has 2 aliphatic rings. The smallest absolute Gasteiger partial charge is 0.166 e. The van der Waals surface area contributed by atoms with Crippen LogP contribution in [0.25, 0.3) is 0 Å². The first kappa shape index (κ1) is 19.3. The van der Waals surface area contributed by atoms with Crippen molar-refractivity contribution in [2.24, 2.45) is 11.8 Å². The van der Waals surface area contributed by atoms with E-state index in [1.54, 1.807) is 6.07 Å². The third-order valence-electron chi connectivity index (χ3n) is 6.44. The fourth-order valence-corrected chi connectivity index (χ4v) is 4.83. The molecule has 148 valence electrons. The van der Waals surface area contributed by atoms with Crippen molar-refractivity contribution in [2.45, 2.75) is 45.4 Å². The Hall–Kier alpha value is -2.01. The van der Waals surface area contributed by atoms with Gasteiger partial charge in [-0.3, -0.25) is 9.69 Å². The minimum Gasteiger partial charge on any atom is -0.392 e. The second kappa shape index (κ2) is 8.56. The third kappa shape index (κ3) is 4.04. The number of carbonyl (C=O) groups excluding carboxylic acids is 1. The van der Waals surface area contributed by atoms with E-state index in [-0.39, 0.29) is 24.9 Å². The summed E-state index contributed by atoms with van der Waals surface area (Å²) in [5.41, 5.74) is 4.57. The maximum atomic E-state index is 12.9. The molecule has 28 heavy (non-hydrogen) atoms. The molecule has 4 heteroatoms. The normalized spacial score (nSPS) is 20.5. The summed E-state index contributed by atoms with van der Waals surface area (Å²) in [5, 5.41) is 19.0. The molecular weight excluding hydrogens is 350 g/mol. The fraction of sp³-hybridized carbons (Fsp3) is 0.458. The summed E-state index contributed by atoms with van der Waals surface area (Å²) in [5.74, 6) is 0.881. The van der Waals surface area contributed by atoms with E-state index in [0.717, 1.165) is 62.0 Å². The van der Waals surface area contributed by atoms with Gasteiger partial charge in [0.1, 0.15) is 0 Å². The van der Waals surface area contributed by atoms with E-state index >= 15 is 0 Å². The molecule has 1 heterocycles. The Labute approximate surface area is 166 Å². The van der Waals surface area contributed by atoms with Gasteiger partial charge in [0.15, 0.2) is 5.78 Å². The first-order valence-electron chi connectivity index (χ1n) is 10.3. The van der Waals surface area contributed by atoms with Gasteiger partial charge in [-0.1, -0.05) is 36.4 Å². The number of aliphatic hydroxyl groups excluding tert-OH is 2. The number of hydrogen-bond donors (Lipinski definition) is 2. The highest BCUT2D eigenvalue weighted by molar-refractivity contribution is 6.02. The molecule has 2 aromatic carbocycles. The summed E-state index contributed by atoms with van der Waals surface area (Å²) in [6.45, 7) is 2.96. The number of rotatable bonds is 6. The Balaban J connectivity index is 1.34. The van der Waals surface area contributed by atoms with Gasteiger partial charge in [-0.15, -0.1) is 0 Å². The van der Waals surface area contributed by atoms with Crippen LogP contribution in [0.4, 0.5) is 0 Å². The molecule has 0 aromatic heterocycles. The van der Waals surface area contributed by atoms with Gasteiger partial charge in [-0.25, -0.2) is 0 Å². The Morgan fingerprint density at radius 2 is 1.64 bits per heavy atom. The number of benzene rings is 2. The number of likely N-dealkylation sites (tertiary alicyclic amines) is 1. The molecule has 1 aliphatic carbocycles. The van der Waals surface area contributed by atoms with Crippen LogP contribution in [0.15, 0.2) is 42.5 Å². The summed E-state index contributed by atoms with van der Waals surface area (Å²) in [6, 6.07) is 14.3. The van der Waals surface area contributed by atoms with E-state index in [0.29, 0.717) is 11.5 Å². The van der Waals surface area contributed by atoms with Crippen molar-refractivity contribution in [3.05, 3.63) is 70.3 Å². The molecule has 2 aromatic rings. The standard InChI is InChI=1S/C24H29NO3/c26-15-21-12-19-11-20(24(28)23(19)13-22(21)16-27)10-17-6-8-25(9-7-17)14-18-4-2-1-3-5-18/h1-5,12-13,17,20,26-27H,6-11,14-16H2/t20-/m1/s1. The van der Waals surface area contributed by atoms with E-state index < -0.39 is 0 Å². The highest BCUT2D eigenvalue weighted by atomic mass is 16.3. The highest BCUT2D eigenvalue weighted by Crippen LogP contribution is 2.35. The van der Waals surface area contributed by atoms with Crippen LogP contribution < -0.4 is 0 Å². The second-order valence-corrected chi connectivity index (χ2v) is 8.30. The van der Waals surface area contributed by atoms with Crippen LogP contribution in [0.1, 0.15) is 51.9 Å². The van der Waals surface area contributed by atoms with Crippen molar-refractivity contribution < 1.29 is 15.0 Å². The molecule has 0 unspecified atom stereocenters. The predicted molar refractivity (Wildman–Crippen MR) is 109 cm³/mol. The van der Waals surface area contributed by atoms with Crippen LogP contribution in [-0.4, -0.2) is 34.0 Å². The summed E-state index contributed by atoms with van der Waals surface area (Å²) >= 11 is 0. The van der Waals surface area contributed by atoms with E-state index in [1.807, 2.05) is 6.07 Å².